The summed E-state index contributed by atoms with van der Waals surface area (Å²) in [5.41, 5.74) is 1.44. The Morgan fingerprint density at radius 3 is 2.62 bits per heavy atom. The van der Waals surface area contributed by atoms with E-state index in [1.165, 1.54) is 0 Å². The molecule has 1 aromatic rings. The molecule has 0 aliphatic carbocycles. The van der Waals surface area contributed by atoms with Crippen LogP contribution in [0.5, 0.6) is 5.75 Å². The fourth-order valence-electron chi connectivity index (χ4n) is 1.76. The molecular weight excluding hydrogens is 202 g/mol. The Morgan fingerprint density at radius 1 is 1.44 bits per heavy atom. The Kier molecular flexibility index (Phi) is 3.86. The molecule has 0 atom stereocenters. The van der Waals surface area contributed by atoms with Crippen LogP contribution in [-0.4, -0.2) is 13.2 Å². The molecule has 0 aromatic heterocycles. The van der Waals surface area contributed by atoms with Crippen molar-refractivity contribution in [1.29, 1.82) is 0 Å². The summed E-state index contributed by atoms with van der Waals surface area (Å²) in [5.74, 6) is 0.814. The van der Waals surface area contributed by atoms with Crippen LogP contribution in [0.15, 0.2) is 23.2 Å². The van der Waals surface area contributed by atoms with Crippen LogP contribution in [0.25, 0.3) is 0 Å². The van der Waals surface area contributed by atoms with E-state index < -0.39 is 5.54 Å². The molecule has 0 N–H and O–H groups in total. The van der Waals surface area contributed by atoms with Crippen LogP contribution < -0.4 is 4.74 Å². The van der Waals surface area contributed by atoms with Crippen molar-refractivity contribution in [3.8, 4) is 5.75 Å². The molecule has 3 heteroatoms. The highest BCUT2D eigenvalue weighted by Crippen LogP contribution is 2.35. The summed E-state index contributed by atoms with van der Waals surface area (Å²) in [6.45, 7) is 5.81. The number of para-hydroxylation sites is 1. The molecule has 0 saturated carbocycles. The maximum atomic E-state index is 10.4. The molecule has 1 aromatic carbocycles. The third-order valence-electron chi connectivity index (χ3n) is 2.67. The SMILES string of the molecule is CCc1cccc(C(C)(C)N=C=O)c1OC. The largest absolute Gasteiger partial charge is 0.496 e. The van der Waals surface area contributed by atoms with Crippen molar-refractivity contribution in [2.24, 2.45) is 4.99 Å². The van der Waals surface area contributed by atoms with Crippen molar-refractivity contribution in [2.75, 3.05) is 7.11 Å². The van der Waals surface area contributed by atoms with Gasteiger partial charge in [0, 0.05) is 5.56 Å². The number of nitrogens with zero attached hydrogens (tertiary/aromatic N) is 1. The van der Waals surface area contributed by atoms with E-state index in [1.807, 2.05) is 32.0 Å². The molecule has 0 spiro atoms. The quantitative estimate of drug-likeness (QED) is 0.577. The van der Waals surface area contributed by atoms with E-state index in [0.29, 0.717) is 0 Å². The molecule has 86 valence electrons. The molecule has 0 aliphatic rings. The van der Waals surface area contributed by atoms with E-state index in [4.69, 9.17) is 4.74 Å². The van der Waals surface area contributed by atoms with Gasteiger partial charge in [0.05, 0.1) is 12.6 Å². The minimum atomic E-state index is -0.599. The first-order valence-electron chi connectivity index (χ1n) is 5.32. The Hall–Kier alpha value is -1.60. The van der Waals surface area contributed by atoms with Crippen LogP contribution in [-0.2, 0) is 16.8 Å². The Balaban J connectivity index is 3.38. The number of aliphatic imine (C=N–C) groups is 1. The summed E-state index contributed by atoms with van der Waals surface area (Å²) >= 11 is 0. The number of aryl methyl sites for hydroxylation is 1. The van der Waals surface area contributed by atoms with Gasteiger partial charge in [0.25, 0.3) is 0 Å². The second-order valence-corrected chi connectivity index (χ2v) is 4.11. The zero-order chi connectivity index (χ0) is 12.2. The molecule has 0 heterocycles. The number of carbonyl (C=O) groups excluding carboxylic acids is 1. The van der Waals surface area contributed by atoms with E-state index >= 15 is 0 Å². The lowest BCUT2D eigenvalue weighted by molar-refractivity contribution is 0.390. The molecule has 16 heavy (non-hydrogen) atoms. The molecule has 0 fully saturated rings. The minimum absolute atomic E-state index is 0.599. The van der Waals surface area contributed by atoms with Gasteiger partial charge in [0.15, 0.2) is 0 Å². The monoisotopic (exact) mass is 219 g/mol. The molecule has 0 unspecified atom stereocenters. The van der Waals surface area contributed by atoms with Gasteiger partial charge in [-0.15, -0.1) is 0 Å². The average molecular weight is 219 g/mol. The van der Waals surface area contributed by atoms with Crippen LogP contribution in [0.4, 0.5) is 0 Å². The fourth-order valence-corrected chi connectivity index (χ4v) is 1.76. The van der Waals surface area contributed by atoms with Gasteiger partial charge in [-0.05, 0) is 25.8 Å². The summed E-state index contributed by atoms with van der Waals surface area (Å²) in [4.78, 5) is 14.2. The van der Waals surface area contributed by atoms with E-state index in [9.17, 15) is 4.79 Å². The summed E-state index contributed by atoms with van der Waals surface area (Å²) in [6, 6.07) is 5.90. The molecule has 0 amide bonds. The summed E-state index contributed by atoms with van der Waals surface area (Å²) in [6.07, 6.45) is 2.50. The smallest absolute Gasteiger partial charge is 0.235 e. The standard InChI is InChI=1S/C13H17NO2/c1-5-10-7-6-8-11(12(10)16-4)13(2,3)14-9-15/h6-8H,5H2,1-4H3. The number of ether oxygens (including phenoxy) is 1. The third-order valence-corrected chi connectivity index (χ3v) is 2.67. The molecular formula is C13H17NO2. The predicted octanol–water partition coefficient (Wildman–Crippen LogP) is 2.83. The van der Waals surface area contributed by atoms with Crippen molar-refractivity contribution >= 4 is 6.08 Å². The van der Waals surface area contributed by atoms with E-state index in [-0.39, 0.29) is 0 Å². The van der Waals surface area contributed by atoms with Gasteiger partial charge in [0.1, 0.15) is 5.75 Å². The lowest BCUT2D eigenvalue weighted by atomic mass is 9.91. The highest BCUT2D eigenvalue weighted by Gasteiger charge is 2.24. The number of methoxy groups -OCH3 is 1. The predicted molar refractivity (Wildman–Crippen MR) is 63.5 cm³/mol. The van der Waals surface area contributed by atoms with Gasteiger partial charge in [0.2, 0.25) is 6.08 Å². The molecule has 0 radical (unpaired) electrons. The molecule has 0 saturated heterocycles. The molecule has 1 rings (SSSR count). The van der Waals surface area contributed by atoms with Crippen LogP contribution in [0, 0.1) is 0 Å². The van der Waals surface area contributed by atoms with Gasteiger partial charge >= 0.3 is 0 Å². The van der Waals surface area contributed by atoms with Crippen molar-refractivity contribution in [1.82, 2.24) is 0 Å². The first-order valence-corrected chi connectivity index (χ1v) is 5.32. The van der Waals surface area contributed by atoms with Crippen LogP contribution in [0.3, 0.4) is 0 Å². The van der Waals surface area contributed by atoms with Crippen molar-refractivity contribution in [3.63, 3.8) is 0 Å². The number of hydrogen-bond acceptors (Lipinski definition) is 3. The highest BCUT2D eigenvalue weighted by molar-refractivity contribution is 5.47. The van der Waals surface area contributed by atoms with E-state index in [0.717, 1.165) is 23.3 Å². The first-order chi connectivity index (χ1) is 7.56. The van der Waals surface area contributed by atoms with Crippen molar-refractivity contribution in [2.45, 2.75) is 32.7 Å². The number of isocyanates is 1. The number of hydrogen-bond donors (Lipinski definition) is 0. The Labute approximate surface area is 96.2 Å². The van der Waals surface area contributed by atoms with Crippen molar-refractivity contribution < 1.29 is 9.53 Å². The van der Waals surface area contributed by atoms with Crippen molar-refractivity contribution in [3.05, 3.63) is 29.3 Å². The van der Waals surface area contributed by atoms with Crippen LogP contribution in [0.2, 0.25) is 0 Å². The van der Waals surface area contributed by atoms with Gasteiger partial charge in [-0.1, -0.05) is 25.1 Å². The Morgan fingerprint density at radius 2 is 2.12 bits per heavy atom. The molecule has 0 bridgehead atoms. The first kappa shape index (κ1) is 12.5. The maximum Gasteiger partial charge on any atom is 0.235 e. The molecule has 0 aliphatic heterocycles. The second kappa shape index (κ2) is 4.95. The number of benzene rings is 1. The van der Waals surface area contributed by atoms with Gasteiger partial charge in [-0.3, -0.25) is 0 Å². The highest BCUT2D eigenvalue weighted by atomic mass is 16.5. The van der Waals surface area contributed by atoms with Crippen LogP contribution in [0.1, 0.15) is 31.9 Å². The van der Waals surface area contributed by atoms with Gasteiger partial charge < -0.3 is 4.74 Å². The van der Waals surface area contributed by atoms with Gasteiger partial charge in [-0.25, -0.2) is 4.79 Å². The maximum absolute atomic E-state index is 10.4. The lowest BCUT2D eigenvalue weighted by Gasteiger charge is -2.22. The number of rotatable bonds is 4. The summed E-state index contributed by atoms with van der Waals surface area (Å²) in [7, 11) is 1.64. The van der Waals surface area contributed by atoms with Crippen LogP contribution >= 0.6 is 0 Å². The molecule has 3 nitrogen and oxygen atoms in total. The topological polar surface area (TPSA) is 38.7 Å². The Bertz CT molecular complexity index is 418. The fraction of sp³-hybridized carbons (Fsp3) is 0.462. The zero-order valence-electron chi connectivity index (χ0n) is 10.2. The summed E-state index contributed by atoms with van der Waals surface area (Å²) in [5, 5.41) is 0. The van der Waals surface area contributed by atoms with E-state index in [2.05, 4.69) is 11.9 Å². The average Bonchev–Trinajstić information content (AvgIpc) is 2.27. The lowest BCUT2D eigenvalue weighted by Crippen LogP contribution is -2.15. The zero-order valence-corrected chi connectivity index (χ0v) is 10.2. The minimum Gasteiger partial charge on any atom is -0.496 e. The normalized spacial score (nSPS) is 10.8. The third kappa shape index (κ3) is 2.31. The summed E-state index contributed by atoms with van der Waals surface area (Å²) < 4.78 is 5.41. The second-order valence-electron chi connectivity index (χ2n) is 4.11. The van der Waals surface area contributed by atoms with Gasteiger partial charge in [-0.2, -0.15) is 4.99 Å². The van der Waals surface area contributed by atoms with E-state index in [1.54, 1.807) is 13.2 Å².